The van der Waals surface area contributed by atoms with E-state index in [0.717, 1.165) is 5.69 Å². The third-order valence-corrected chi connectivity index (χ3v) is 2.16. The van der Waals surface area contributed by atoms with Crippen molar-refractivity contribution in [1.82, 2.24) is 15.1 Å². The second kappa shape index (κ2) is 4.33. The zero-order valence-electron chi connectivity index (χ0n) is 9.61. The van der Waals surface area contributed by atoms with Crippen LogP contribution in [0.5, 0.6) is 0 Å². The summed E-state index contributed by atoms with van der Waals surface area (Å²) < 4.78 is 1.59. The van der Waals surface area contributed by atoms with E-state index in [1.165, 1.54) is 0 Å². The first-order valence-corrected chi connectivity index (χ1v) is 5.03. The summed E-state index contributed by atoms with van der Waals surface area (Å²) in [6.45, 7) is 7.46. The fraction of sp³-hybridized carbons (Fsp3) is 0.600. The predicted octanol–water partition coefficient (Wildman–Crippen LogP) is 0.859. The van der Waals surface area contributed by atoms with Crippen molar-refractivity contribution in [1.29, 1.82) is 0 Å². The van der Waals surface area contributed by atoms with Gasteiger partial charge in [0.2, 0.25) is 5.91 Å². The lowest BCUT2D eigenvalue weighted by atomic mass is 10.3. The van der Waals surface area contributed by atoms with Crippen molar-refractivity contribution in [2.45, 2.75) is 39.8 Å². The molecular weight excluding hydrogens is 192 g/mol. The summed E-state index contributed by atoms with van der Waals surface area (Å²) in [5.74, 6) is -0.0486. The molecule has 1 atom stereocenters. The number of anilines is 1. The molecular formula is C10H18N4O. The number of carbonyl (C=O) groups excluding carboxylic acids is 1. The molecule has 0 spiro atoms. The van der Waals surface area contributed by atoms with Crippen LogP contribution in [0, 0.1) is 6.92 Å². The zero-order valence-corrected chi connectivity index (χ0v) is 9.61. The number of rotatable bonds is 3. The monoisotopic (exact) mass is 210 g/mol. The van der Waals surface area contributed by atoms with E-state index in [1.54, 1.807) is 17.8 Å². The lowest BCUT2D eigenvalue weighted by Crippen LogP contribution is -2.35. The molecule has 3 N–H and O–H groups in total. The highest BCUT2D eigenvalue weighted by Crippen LogP contribution is 2.12. The number of hydrogen-bond donors (Lipinski definition) is 2. The molecule has 1 unspecified atom stereocenters. The first-order chi connectivity index (χ1) is 6.91. The third-order valence-electron chi connectivity index (χ3n) is 2.16. The molecule has 0 aliphatic heterocycles. The first-order valence-electron chi connectivity index (χ1n) is 5.03. The molecule has 0 aliphatic rings. The van der Waals surface area contributed by atoms with Gasteiger partial charge in [0, 0.05) is 12.2 Å². The Morgan fingerprint density at radius 2 is 2.13 bits per heavy atom. The van der Waals surface area contributed by atoms with E-state index >= 15 is 0 Å². The van der Waals surface area contributed by atoms with Crippen LogP contribution >= 0.6 is 0 Å². The van der Waals surface area contributed by atoms with Gasteiger partial charge < -0.3 is 11.1 Å². The van der Waals surface area contributed by atoms with Gasteiger partial charge in [0.15, 0.2) is 0 Å². The normalized spacial score (nSPS) is 12.9. The van der Waals surface area contributed by atoms with E-state index in [9.17, 15) is 4.79 Å². The number of carbonyl (C=O) groups is 1. The van der Waals surface area contributed by atoms with Crippen LogP contribution in [0.4, 0.5) is 5.69 Å². The smallest absolute Gasteiger partial charge is 0.244 e. The second-order valence-corrected chi connectivity index (χ2v) is 3.99. The van der Waals surface area contributed by atoms with E-state index in [-0.39, 0.29) is 18.0 Å². The quantitative estimate of drug-likeness (QED) is 0.777. The average Bonchev–Trinajstić information content (AvgIpc) is 2.44. The molecule has 0 aromatic carbocycles. The van der Waals surface area contributed by atoms with Gasteiger partial charge in [-0.2, -0.15) is 5.10 Å². The van der Waals surface area contributed by atoms with Crippen LogP contribution in [0.25, 0.3) is 0 Å². The summed E-state index contributed by atoms with van der Waals surface area (Å²) in [5, 5.41) is 7.00. The summed E-state index contributed by atoms with van der Waals surface area (Å²) in [5.41, 5.74) is 7.02. The van der Waals surface area contributed by atoms with Crippen molar-refractivity contribution in [3.8, 4) is 0 Å². The van der Waals surface area contributed by atoms with E-state index in [0.29, 0.717) is 5.69 Å². The van der Waals surface area contributed by atoms with Crippen molar-refractivity contribution >= 4 is 11.6 Å². The molecule has 1 heterocycles. The molecule has 0 bridgehead atoms. The highest BCUT2D eigenvalue weighted by molar-refractivity contribution is 5.80. The minimum Gasteiger partial charge on any atom is -0.396 e. The summed E-state index contributed by atoms with van der Waals surface area (Å²) >= 11 is 0. The van der Waals surface area contributed by atoms with Crippen LogP contribution in [0.2, 0.25) is 0 Å². The van der Waals surface area contributed by atoms with Crippen LogP contribution in [0.15, 0.2) is 6.20 Å². The minimum atomic E-state index is -0.330. The van der Waals surface area contributed by atoms with Crippen LogP contribution in [0.3, 0.4) is 0 Å². The molecule has 5 nitrogen and oxygen atoms in total. The molecule has 15 heavy (non-hydrogen) atoms. The van der Waals surface area contributed by atoms with Gasteiger partial charge in [-0.25, -0.2) is 0 Å². The second-order valence-electron chi connectivity index (χ2n) is 3.99. The van der Waals surface area contributed by atoms with Crippen molar-refractivity contribution in [2.24, 2.45) is 0 Å². The van der Waals surface area contributed by atoms with E-state index in [2.05, 4.69) is 10.4 Å². The largest absolute Gasteiger partial charge is 0.396 e. The predicted molar refractivity (Wildman–Crippen MR) is 59.4 cm³/mol. The van der Waals surface area contributed by atoms with Crippen LogP contribution in [0.1, 0.15) is 32.5 Å². The standard InChI is InChI=1S/C10H18N4O/c1-6(2)12-10(15)8(4)14-5-9(11)7(3)13-14/h5-6,8H,11H2,1-4H3,(H,12,15). The number of nitrogens with one attached hydrogen (secondary N) is 1. The third kappa shape index (κ3) is 2.71. The maximum Gasteiger partial charge on any atom is 0.244 e. The number of hydrogen-bond acceptors (Lipinski definition) is 3. The Balaban J connectivity index is 2.76. The molecule has 1 amide bonds. The Morgan fingerprint density at radius 3 is 2.53 bits per heavy atom. The zero-order chi connectivity index (χ0) is 11.6. The number of aryl methyl sites for hydroxylation is 1. The molecule has 0 saturated heterocycles. The van der Waals surface area contributed by atoms with Gasteiger partial charge >= 0.3 is 0 Å². The molecule has 5 heteroatoms. The van der Waals surface area contributed by atoms with Gasteiger partial charge in [0.25, 0.3) is 0 Å². The van der Waals surface area contributed by atoms with Gasteiger partial charge in [0.05, 0.1) is 11.4 Å². The van der Waals surface area contributed by atoms with Crippen molar-refractivity contribution in [3.63, 3.8) is 0 Å². The van der Waals surface area contributed by atoms with Gasteiger partial charge in [-0.15, -0.1) is 0 Å². The number of nitrogen functional groups attached to an aromatic ring is 1. The van der Waals surface area contributed by atoms with Crippen molar-refractivity contribution < 1.29 is 4.79 Å². The van der Waals surface area contributed by atoms with Crippen LogP contribution in [-0.4, -0.2) is 21.7 Å². The SMILES string of the molecule is Cc1nn(C(C)C(=O)NC(C)C)cc1N. The van der Waals surface area contributed by atoms with Crippen LogP contribution in [-0.2, 0) is 4.79 Å². The maximum absolute atomic E-state index is 11.7. The lowest BCUT2D eigenvalue weighted by Gasteiger charge is -2.14. The fourth-order valence-corrected chi connectivity index (χ4v) is 1.22. The Morgan fingerprint density at radius 1 is 1.53 bits per heavy atom. The Bertz CT molecular complexity index is 337. The Kier molecular flexibility index (Phi) is 3.34. The number of nitrogens with two attached hydrogens (primary N) is 1. The number of nitrogens with zero attached hydrogens (tertiary/aromatic N) is 2. The van der Waals surface area contributed by atoms with E-state index < -0.39 is 0 Å². The maximum atomic E-state index is 11.7. The molecule has 84 valence electrons. The van der Waals surface area contributed by atoms with Crippen molar-refractivity contribution in [2.75, 3.05) is 5.73 Å². The van der Waals surface area contributed by atoms with Gasteiger partial charge in [-0.3, -0.25) is 9.48 Å². The molecule has 0 fully saturated rings. The molecule has 0 radical (unpaired) electrons. The Labute approximate surface area is 89.6 Å². The Hall–Kier alpha value is -1.52. The fourth-order valence-electron chi connectivity index (χ4n) is 1.22. The summed E-state index contributed by atoms with van der Waals surface area (Å²) in [7, 11) is 0. The van der Waals surface area contributed by atoms with Gasteiger partial charge in [-0.1, -0.05) is 0 Å². The lowest BCUT2D eigenvalue weighted by molar-refractivity contribution is -0.124. The average molecular weight is 210 g/mol. The molecule has 0 aliphatic carbocycles. The number of aromatic nitrogens is 2. The molecule has 1 aromatic rings. The molecule has 1 rings (SSSR count). The minimum absolute atomic E-state index is 0.0486. The summed E-state index contributed by atoms with van der Waals surface area (Å²) in [6.07, 6.45) is 1.68. The highest BCUT2D eigenvalue weighted by Gasteiger charge is 2.17. The van der Waals surface area contributed by atoms with E-state index in [4.69, 9.17) is 5.73 Å². The van der Waals surface area contributed by atoms with Crippen molar-refractivity contribution in [3.05, 3.63) is 11.9 Å². The van der Waals surface area contributed by atoms with E-state index in [1.807, 2.05) is 20.8 Å². The summed E-state index contributed by atoms with van der Waals surface area (Å²) in [4.78, 5) is 11.7. The topological polar surface area (TPSA) is 72.9 Å². The first kappa shape index (κ1) is 11.6. The number of amides is 1. The van der Waals surface area contributed by atoms with Gasteiger partial charge in [0.1, 0.15) is 6.04 Å². The molecule has 0 saturated carbocycles. The molecule has 1 aromatic heterocycles. The van der Waals surface area contributed by atoms with Crippen LogP contribution < -0.4 is 11.1 Å². The summed E-state index contributed by atoms with van der Waals surface area (Å²) in [6, 6.07) is -0.197. The van der Waals surface area contributed by atoms with Gasteiger partial charge in [-0.05, 0) is 27.7 Å². The highest BCUT2D eigenvalue weighted by atomic mass is 16.2.